The van der Waals surface area contributed by atoms with Gasteiger partial charge in [0.1, 0.15) is 5.75 Å². The smallest absolute Gasteiger partial charge is 0.122 e. The summed E-state index contributed by atoms with van der Waals surface area (Å²) in [6, 6.07) is 5.90. The summed E-state index contributed by atoms with van der Waals surface area (Å²) in [4.78, 5) is 2.30. The van der Waals surface area contributed by atoms with Gasteiger partial charge in [0.2, 0.25) is 0 Å². The van der Waals surface area contributed by atoms with E-state index in [0.29, 0.717) is 5.75 Å². The number of para-hydroxylation sites is 1. The molecule has 0 unspecified atom stereocenters. The topological polar surface area (TPSA) is 32.7 Å². The van der Waals surface area contributed by atoms with Crippen LogP contribution in [-0.4, -0.2) is 36.3 Å². The average molecular weight is 207 g/mol. The lowest BCUT2D eigenvalue weighted by Gasteiger charge is -2.26. The fourth-order valence-electron chi connectivity index (χ4n) is 1.85. The molecule has 3 nitrogen and oxygen atoms in total. The zero-order valence-electron chi connectivity index (χ0n) is 9.07. The minimum Gasteiger partial charge on any atom is -0.507 e. The summed E-state index contributed by atoms with van der Waals surface area (Å²) >= 11 is 0. The predicted molar refractivity (Wildman–Crippen MR) is 58.9 cm³/mol. The van der Waals surface area contributed by atoms with Crippen LogP contribution in [0.1, 0.15) is 11.1 Å². The lowest BCUT2D eigenvalue weighted by molar-refractivity contribution is 0.0339. The molecule has 82 valence electrons. The van der Waals surface area contributed by atoms with Gasteiger partial charge in [-0.05, 0) is 12.5 Å². The van der Waals surface area contributed by atoms with E-state index in [2.05, 4.69) is 4.90 Å². The Morgan fingerprint density at radius 3 is 2.80 bits per heavy atom. The van der Waals surface area contributed by atoms with Gasteiger partial charge in [-0.25, -0.2) is 0 Å². The van der Waals surface area contributed by atoms with Crippen LogP contribution in [-0.2, 0) is 11.3 Å². The molecule has 15 heavy (non-hydrogen) atoms. The maximum atomic E-state index is 9.87. The van der Waals surface area contributed by atoms with E-state index in [1.165, 1.54) is 0 Å². The third kappa shape index (κ3) is 2.49. The molecule has 0 spiro atoms. The van der Waals surface area contributed by atoms with Gasteiger partial charge in [0.15, 0.2) is 0 Å². The molecule has 1 N–H and O–H groups in total. The molecule has 1 aliphatic rings. The molecule has 0 atom stereocenters. The second-order valence-electron chi connectivity index (χ2n) is 3.97. The van der Waals surface area contributed by atoms with Crippen LogP contribution in [0, 0.1) is 6.92 Å². The first-order valence-corrected chi connectivity index (χ1v) is 5.35. The lowest BCUT2D eigenvalue weighted by atomic mass is 10.1. The van der Waals surface area contributed by atoms with Gasteiger partial charge in [-0.2, -0.15) is 0 Å². The molecule has 2 rings (SSSR count). The van der Waals surface area contributed by atoms with E-state index in [9.17, 15) is 5.11 Å². The Morgan fingerprint density at radius 2 is 2.07 bits per heavy atom. The molecule has 1 aromatic rings. The molecule has 1 saturated heterocycles. The van der Waals surface area contributed by atoms with Crippen LogP contribution in [0.15, 0.2) is 18.2 Å². The van der Waals surface area contributed by atoms with Crippen LogP contribution in [0.3, 0.4) is 0 Å². The van der Waals surface area contributed by atoms with Crippen molar-refractivity contribution in [2.75, 3.05) is 26.3 Å². The quantitative estimate of drug-likeness (QED) is 0.798. The highest BCUT2D eigenvalue weighted by atomic mass is 16.5. The number of morpholine rings is 1. The number of rotatable bonds is 2. The van der Waals surface area contributed by atoms with E-state index in [1.54, 1.807) is 0 Å². The Labute approximate surface area is 90.3 Å². The zero-order valence-corrected chi connectivity index (χ0v) is 9.07. The summed E-state index contributed by atoms with van der Waals surface area (Å²) in [5, 5.41) is 9.87. The van der Waals surface area contributed by atoms with E-state index in [1.807, 2.05) is 25.1 Å². The highest BCUT2D eigenvalue weighted by Crippen LogP contribution is 2.22. The van der Waals surface area contributed by atoms with Crippen molar-refractivity contribution in [2.24, 2.45) is 0 Å². The van der Waals surface area contributed by atoms with E-state index in [4.69, 9.17) is 4.74 Å². The van der Waals surface area contributed by atoms with Crippen molar-refractivity contribution in [3.63, 3.8) is 0 Å². The van der Waals surface area contributed by atoms with Crippen LogP contribution in [0.5, 0.6) is 5.75 Å². The molecule has 0 aromatic heterocycles. The molecular formula is C12H17NO2. The molecule has 1 fully saturated rings. The fraction of sp³-hybridized carbons (Fsp3) is 0.500. The van der Waals surface area contributed by atoms with Crippen molar-refractivity contribution in [1.82, 2.24) is 4.90 Å². The van der Waals surface area contributed by atoms with Crippen molar-refractivity contribution < 1.29 is 9.84 Å². The highest BCUT2D eigenvalue weighted by Gasteiger charge is 2.12. The van der Waals surface area contributed by atoms with Crippen molar-refractivity contribution in [2.45, 2.75) is 13.5 Å². The summed E-state index contributed by atoms with van der Waals surface area (Å²) in [7, 11) is 0. The second-order valence-corrected chi connectivity index (χ2v) is 3.97. The van der Waals surface area contributed by atoms with Gasteiger partial charge in [0.05, 0.1) is 13.2 Å². The molecule has 0 aliphatic carbocycles. The Balaban J connectivity index is 2.06. The van der Waals surface area contributed by atoms with Crippen LogP contribution in [0.25, 0.3) is 0 Å². The Morgan fingerprint density at radius 1 is 1.33 bits per heavy atom. The number of hydrogen-bond donors (Lipinski definition) is 1. The zero-order chi connectivity index (χ0) is 10.7. The third-order valence-corrected chi connectivity index (χ3v) is 2.82. The molecule has 1 heterocycles. The lowest BCUT2D eigenvalue weighted by Crippen LogP contribution is -2.35. The number of nitrogens with zero attached hydrogens (tertiary/aromatic N) is 1. The van der Waals surface area contributed by atoms with E-state index in [-0.39, 0.29) is 0 Å². The van der Waals surface area contributed by atoms with Gasteiger partial charge in [0.25, 0.3) is 0 Å². The van der Waals surface area contributed by atoms with Crippen molar-refractivity contribution in [3.8, 4) is 5.75 Å². The SMILES string of the molecule is Cc1cccc(CN2CCOCC2)c1O. The summed E-state index contributed by atoms with van der Waals surface area (Å²) in [5.41, 5.74) is 1.96. The molecule has 0 bridgehead atoms. The minimum absolute atomic E-state index is 0.434. The molecule has 0 saturated carbocycles. The number of phenolic OH excluding ortho intramolecular Hbond substituents is 1. The number of hydrogen-bond acceptors (Lipinski definition) is 3. The molecule has 0 radical (unpaired) electrons. The van der Waals surface area contributed by atoms with Gasteiger partial charge >= 0.3 is 0 Å². The van der Waals surface area contributed by atoms with Crippen molar-refractivity contribution in [1.29, 1.82) is 0 Å². The maximum absolute atomic E-state index is 9.87. The van der Waals surface area contributed by atoms with Crippen molar-refractivity contribution in [3.05, 3.63) is 29.3 Å². The minimum atomic E-state index is 0.434. The van der Waals surface area contributed by atoms with E-state index < -0.39 is 0 Å². The van der Waals surface area contributed by atoms with Gasteiger partial charge in [-0.15, -0.1) is 0 Å². The largest absolute Gasteiger partial charge is 0.507 e. The fourth-order valence-corrected chi connectivity index (χ4v) is 1.85. The molecule has 1 aromatic carbocycles. The van der Waals surface area contributed by atoms with Gasteiger partial charge in [-0.3, -0.25) is 4.90 Å². The Kier molecular flexibility index (Phi) is 3.23. The van der Waals surface area contributed by atoms with E-state index in [0.717, 1.165) is 44.0 Å². The first-order valence-electron chi connectivity index (χ1n) is 5.35. The van der Waals surface area contributed by atoms with Crippen LogP contribution >= 0.6 is 0 Å². The van der Waals surface area contributed by atoms with Crippen LogP contribution < -0.4 is 0 Å². The first-order chi connectivity index (χ1) is 7.27. The maximum Gasteiger partial charge on any atom is 0.122 e. The van der Waals surface area contributed by atoms with Crippen LogP contribution in [0.2, 0.25) is 0 Å². The normalized spacial score (nSPS) is 17.9. The second kappa shape index (κ2) is 4.64. The Hall–Kier alpha value is -1.06. The summed E-state index contributed by atoms with van der Waals surface area (Å²) in [6.45, 7) is 6.24. The number of ether oxygens (including phenoxy) is 1. The summed E-state index contributed by atoms with van der Waals surface area (Å²) in [5.74, 6) is 0.434. The molecule has 0 amide bonds. The third-order valence-electron chi connectivity index (χ3n) is 2.82. The predicted octanol–water partition coefficient (Wildman–Crippen LogP) is 1.53. The van der Waals surface area contributed by atoms with Gasteiger partial charge in [-0.1, -0.05) is 18.2 Å². The van der Waals surface area contributed by atoms with Crippen molar-refractivity contribution >= 4 is 0 Å². The van der Waals surface area contributed by atoms with Gasteiger partial charge in [0, 0.05) is 25.2 Å². The molecule has 3 heteroatoms. The molecule has 1 aliphatic heterocycles. The first kappa shape index (κ1) is 10.5. The number of phenols is 1. The summed E-state index contributed by atoms with van der Waals surface area (Å²) < 4.78 is 5.29. The number of aryl methyl sites for hydroxylation is 1. The number of aromatic hydroxyl groups is 1. The monoisotopic (exact) mass is 207 g/mol. The van der Waals surface area contributed by atoms with E-state index >= 15 is 0 Å². The average Bonchev–Trinajstić information content (AvgIpc) is 2.26. The standard InChI is InChI=1S/C12H17NO2/c1-10-3-2-4-11(12(10)14)9-13-5-7-15-8-6-13/h2-4,14H,5-9H2,1H3. The highest BCUT2D eigenvalue weighted by molar-refractivity contribution is 5.39. The summed E-state index contributed by atoms with van der Waals surface area (Å²) in [6.07, 6.45) is 0. The van der Waals surface area contributed by atoms with Crippen LogP contribution in [0.4, 0.5) is 0 Å². The number of benzene rings is 1. The molecular weight excluding hydrogens is 190 g/mol. The van der Waals surface area contributed by atoms with Gasteiger partial charge < -0.3 is 9.84 Å². The Bertz CT molecular complexity index is 332.